The van der Waals surface area contributed by atoms with Crippen molar-refractivity contribution in [2.75, 3.05) is 16.4 Å². The summed E-state index contributed by atoms with van der Waals surface area (Å²) in [6, 6.07) is 17.9. The smallest absolute Gasteiger partial charge is 0.257 e. The molecule has 0 fully saturated rings. The fourth-order valence-corrected chi connectivity index (χ4v) is 4.12. The summed E-state index contributed by atoms with van der Waals surface area (Å²) in [5.41, 5.74) is 3.86. The molecule has 30 heavy (non-hydrogen) atoms. The van der Waals surface area contributed by atoms with E-state index in [1.165, 1.54) is 17.8 Å². The number of nitrogens with one attached hydrogen (secondary N) is 2. The van der Waals surface area contributed by atoms with Gasteiger partial charge in [0, 0.05) is 21.3 Å². The molecule has 0 saturated heterocycles. The lowest BCUT2D eigenvalue weighted by Crippen LogP contribution is -2.15. The number of para-hydroxylation sites is 1. The summed E-state index contributed by atoms with van der Waals surface area (Å²) < 4.78 is 0. The lowest BCUT2D eigenvalue weighted by atomic mass is 10.1. The van der Waals surface area contributed by atoms with E-state index in [1.54, 1.807) is 18.2 Å². The van der Waals surface area contributed by atoms with Crippen LogP contribution in [0.1, 0.15) is 21.5 Å². The van der Waals surface area contributed by atoms with E-state index in [2.05, 4.69) is 10.6 Å². The first-order valence-corrected chi connectivity index (χ1v) is 10.9. The Hall–Kier alpha value is -2.47. The second kappa shape index (κ2) is 10.0. The van der Waals surface area contributed by atoms with Gasteiger partial charge in [0.1, 0.15) is 0 Å². The van der Waals surface area contributed by atoms with Crippen molar-refractivity contribution in [2.24, 2.45) is 0 Å². The number of benzene rings is 3. The van der Waals surface area contributed by atoms with Crippen LogP contribution in [0.5, 0.6) is 0 Å². The van der Waals surface area contributed by atoms with E-state index in [0.29, 0.717) is 16.3 Å². The first kappa shape index (κ1) is 22.2. The van der Waals surface area contributed by atoms with Gasteiger partial charge in [0.2, 0.25) is 5.91 Å². The van der Waals surface area contributed by atoms with Crippen LogP contribution in [0.15, 0.2) is 65.6 Å². The molecule has 0 bridgehead atoms. The van der Waals surface area contributed by atoms with Gasteiger partial charge in [-0.05, 0) is 61.4 Å². The molecule has 0 aromatic heterocycles. The molecule has 154 valence electrons. The molecule has 2 N–H and O–H groups in total. The minimum absolute atomic E-state index is 0.0835. The van der Waals surface area contributed by atoms with Gasteiger partial charge in [0.25, 0.3) is 5.91 Å². The Labute approximate surface area is 190 Å². The van der Waals surface area contributed by atoms with Crippen LogP contribution in [0.4, 0.5) is 11.4 Å². The Kier molecular flexibility index (Phi) is 7.43. The van der Waals surface area contributed by atoms with Crippen molar-refractivity contribution < 1.29 is 9.59 Å². The van der Waals surface area contributed by atoms with Crippen molar-refractivity contribution in [3.05, 3.63) is 87.4 Å². The molecular formula is C23H20Cl2N2O2S. The van der Waals surface area contributed by atoms with Crippen molar-refractivity contribution in [1.29, 1.82) is 0 Å². The molecule has 0 heterocycles. The van der Waals surface area contributed by atoms with Crippen LogP contribution in [0.2, 0.25) is 10.0 Å². The maximum absolute atomic E-state index is 12.5. The van der Waals surface area contributed by atoms with Crippen LogP contribution in [-0.2, 0) is 4.79 Å². The molecule has 0 aliphatic rings. The van der Waals surface area contributed by atoms with Gasteiger partial charge in [-0.15, -0.1) is 11.8 Å². The topological polar surface area (TPSA) is 58.2 Å². The van der Waals surface area contributed by atoms with E-state index in [-0.39, 0.29) is 22.6 Å². The third kappa shape index (κ3) is 5.79. The molecule has 0 atom stereocenters. The quantitative estimate of drug-likeness (QED) is 0.409. The SMILES string of the molecule is Cc1cccc(C)c1NC(=O)CSc1cccc(NC(=O)c2ccc(Cl)cc2Cl)c1. The zero-order valence-electron chi connectivity index (χ0n) is 16.5. The highest BCUT2D eigenvalue weighted by Crippen LogP contribution is 2.25. The van der Waals surface area contributed by atoms with Gasteiger partial charge in [0.15, 0.2) is 0 Å². The summed E-state index contributed by atoms with van der Waals surface area (Å²) in [6.45, 7) is 3.93. The van der Waals surface area contributed by atoms with E-state index in [4.69, 9.17) is 23.2 Å². The van der Waals surface area contributed by atoms with E-state index in [1.807, 2.05) is 50.2 Å². The number of anilines is 2. The van der Waals surface area contributed by atoms with Crippen LogP contribution in [0, 0.1) is 13.8 Å². The van der Waals surface area contributed by atoms with Gasteiger partial charge in [0.05, 0.1) is 16.3 Å². The molecule has 4 nitrogen and oxygen atoms in total. The van der Waals surface area contributed by atoms with Gasteiger partial charge in [-0.25, -0.2) is 0 Å². The van der Waals surface area contributed by atoms with Crippen LogP contribution < -0.4 is 10.6 Å². The molecule has 0 aliphatic carbocycles. The molecule has 3 aromatic carbocycles. The molecule has 3 aromatic rings. The molecule has 0 radical (unpaired) electrons. The number of hydrogen-bond acceptors (Lipinski definition) is 3. The van der Waals surface area contributed by atoms with Crippen LogP contribution in [0.25, 0.3) is 0 Å². The molecule has 0 spiro atoms. The molecule has 3 rings (SSSR count). The monoisotopic (exact) mass is 458 g/mol. The second-order valence-electron chi connectivity index (χ2n) is 6.71. The van der Waals surface area contributed by atoms with Crippen molar-refractivity contribution >= 4 is 58.2 Å². The fraction of sp³-hybridized carbons (Fsp3) is 0.130. The van der Waals surface area contributed by atoms with Crippen LogP contribution in [-0.4, -0.2) is 17.6 Å². The van der Waals surface area contributed by atoms with Gasteiger partial charge >= 0.3 is 0 Å². The fourth-order valence-electron chi connectivity index (χ4n) is 2.87. The Morgan fingerprint density at radius 1 is 0.900 bits per heavy atom. The standard InChI is InChI=1S/C23H20Cl2N2O2S/c1-14-5-3-6-15(2)22(14)27-21(28)13-30-18-8-4-7-17(12-18)26-23(29)19-10-9-16(24)11-20(19)25/h3-12H,13H2,1-2H3,(H,26,29)(H,27,28). The van der Waals surface area contributed by atoms with Gasteiger partial charge in [-0.2, -0.15) is 0 Å². The van der Waals surface area contributed by atoms with Crippen LogP contribution >= 0.6 is 35.0 Å². The first-order chi connectivity index (χ1) is 14.3. The van der Waals surface area contributed by atoms with Gasteiger partial charge in [-0.3, -0.25) is 9.59 Å². The highest BCUT2D eigenvalue weighted by atomic mass is 35.5. The number of rotatable bonds is 6. The third-order valence-electron chi connectivity index (χ3n) is 4.38. The summed E-state index contributed by atoms with van der Waals surface area (Å²) in [5.74, 6) is -0.153. The number of hydrogen-bond donors (Lipinski definition) is 2. The Morgan fingerprint density at radius 2 is 1.60 bits per heavy atom. The van der Waals surface area contributed by atoms with Crippen LogP contribution in [0.3, 0.4) is 0 Å². The van der Waals surface area contributed by atoms with E-state index in [0.717, 1.165) is 21.7 Å². The number of thioether (sulfide) groups is 1. The van der Waals surface area contributed by atoms with Crippen molar-refractivity contribution in [3.8, 4) is 0 Å². The van der Waals surface area contributed by atoms with E-state index >= 15 is 0 Å². The Morgan fingerprint density at radius 3 is 2.30 bits per heavy atom. The molecule has 7 heteroatoms. The number of carbonyl (C=O) groups excluding carboxylic acids is 2. The second-order valence-corrected chi connectivity index (χ2v) is 8.60. The van der Waals surface area contributed by atoms with Gasteiger partial charge < -0.3 is 10.6 Å². The zero-order chi connectivity index (χ0) is 21.7. The molecule has 2 amide bonds. The molecule has 0 saturated carbocycles. The summed E-state index contributed by atoms with van der Waals surface area (Å²) in [6.07, 6.45) is 0. The van der Waals surface area contributed by atoms with Crippen molar-refractivity contribution in [3.63, 3.8) is 0 Å². The van der Waals surface area contributed by atoms with Crippen molar-refractivity contribution in [2.45, 2.75) is 18.7 Å². The van der Waals surface area contributed by atoms with E-state index < -0.39 is 0 Å². The van der Waals surface area contributed by atoms with E-state index in [9.17, 15) is 9.59 Å². The Bertz CT molecular complexity index is 1080. The average molecular weight is 459 g/mol. The lowest BCUT2D eigenvalue weighted by molar-refractivity contribution is -0.113. The number of carbonyl (C=O) groups is 2. The summed E-state index contributed by atoms with van der Waals surface area (Å²) in [5, 5.41) is 6.55. The summed E-state index contributed by atoms with van der Waals surface area (Å²) >= 11 is 13.4. The molecule has 0 unspecified atom stereocenters. The third-order valence-corrected chi connectivity index (χ3v) is 5.92. The number of aryl methyl sites for hydroxylation is 2. The normalized spacial score (nSPS) is 10.5. The minimum atomic E-state index is -0.327. The highest BCUT2D eigenvalue weighted by molar-refractivity contribution is 8.00. The summed E-state index contributed by atoms with van der Waals surface area (Å²) in [7, 11) is 0. The number of halogens is 2. The lowest BCUT2D eigenvalue weighted by Gasteiger charge is -2.12. The maximum atomic E-state index is 12.5. The average Bonchev–Trinajstić information content (AvgIpc) is 2.69. The highest BCUT2D eigenvalue weighted by Gasteiger charge is 2.12. The predicted molar refractivity (Wildman–Crippen MR) is 126 cm³/mol. The van der Waals surface area contributed by atoms with Crippen molar-refractivity contribution in [1.82, 2.24) is 0 Å². The summed E-state index contributed by atoms with van der Waals surface area (Å²) in [4.78, 5) is 25.7. The Balaban J connectivity index is 1.61. The van der Waals surface area contributed by atoms with Gasteiger partial charge in [-0.1, -0.05) is 47.5 Å². The molecular weight excluding hydrogens is 439 g/mol. The number of amides is 2. The predicted octanol–water partition coefficient (Wildman–Crippen LogP) is 6.59. The maximum Gasteiger partial charge on any atom is 0.257 e. The largest absolute Gasteiger partial charge is 0.325 e. The zero-order valence-corrected chi connectivity index (χ0v) is 18.8. The molecule has 0 aliphatic heterocycles. The minimum Gasteiger partial charge on any atom is -0.325 e. The first-order valence-electron chi connectivity index (χ1n) is 9.19.